The summed E-state index contributed by atoms with van der Waals surface area (Å²) in [6.45, 7) is 0. The largest absolute Gasteiger partial charge is 0.459 e. The molecule has 4 aromatic rings. The maximum Gasteiger partial charge on any atom is 0.320 e. The van der Waals surface area contributed by atoms with Crippen LogP contribution < -0.4 is 15.8 Å². The summed E-state index contributed by atoms with van der Waals surface area (Å²) >= 11 is 0. The first kappa shape index (κ1) is 19.7. The molecule has 152 valence electrons. The van der Waals surface area contributed by atoms with Crippen LogP contribution in [0.1, 0.15) is 17.4 Å². The maximum atomic E-state index is 12.7. The van der Waals surface area contributed by atoms with Crippen LogP contribution >= 0.6 is 0 Å². The van der Waals surface area contributed by atoms with Crippen molar-refractivity contribution in [3.63, 3.8) is 0 Å². The number of benzene rings is 3. The molecular formula is C22H19N3O4S. The number of anilines is 1. The summed E-state index contributed by atoms with van der Waals surface area (Å²) in [5.74, 6) is 0.599. The Morgan fingerprint density at radius 3 is 2.23 bits per heavy atom. The van der Waals surface area contributed by atoms with Gasteiger partial charge in [0, 0.05) is 11.1 Å². The van der Waals surface area contributed by atoms with E-state index in [-0.39, 0.29) is 4.90 Å². The predicted octanol–water partition coefficient (Wildman–Crippen LogP) is 3.99. The number of sulfonamides is 1. The molecule has 1 aromatic heterocycles. The van der Waals surface area contributed by atoms with Crippen molar-refractivity contribution in [2.75, 3.05) is 5.32 Å². The number of carbonyl (C=O) groups is 1. The van der Waals surface area contributed by atoms with Crippen molar-refractivity contribution in [2.24, 2.45) is 5.14 Å². The fourth-order valence-electron chi connectivity index (χ4n) is 3.14. The highest BCUT2D eigenvalue weighted by atomic mass is 32.2. The Balaban J connectivity index is 1.58. The summed E-state index contributed by atoms with van der Waals surface area (Å²) in [5.41, 5.74) is 2.02. The first-order chi connectivity index (χ1) is 14.4. The molecule has 4 rings (SSSR count). The Morgan fingerprint density at radius 2 is 1.57 bits per heavy atom. The van der Waals surface area contributed by atoms with E-state index in [0.717, 1.165) is 16.5 Å². The van der Waals surface area contributed by atoms with Crippen LogP contribution in [0.4, 0.5) is 10.5 Å². The number of primary sulfonamides is 1. The molecule has 8 heteroatoms. The maximum absolute atomic E-state index is 12.7. The zero-order valence-electron chi connectivity index (χ0n) is 15.8. The molecule has 0 aliphatic carbocycles. The highest BCUT2D eigenvalue weighted by Crippen LogP contribution is 2.28. The molecule has 1 heterocycles. The SMILES string of the molecule is NS(=O)(=O)c1ccc(NC(=O)NC(c2ccccc2)c2cc3ccccc3o2)cc1. The topological polar surface area (TPSA) is 114 Å². The average molecular weight is 421 g/mol. The second-order valence-corrected chi connectivity index (χ2v) is 8.26. The third-order valence-corrected chi connectivity index (χ3v) is 5.51. The summed E-state index contributed by atoms with van der Waals surface area (Å²) < 4.78 is 28.7. The van der Waals surface area contributed by atoms with E-state index in [1.165, 1.54) is 24.3 Å². The quantitative estimate of drug-likeness (QED) is 0.452. The molecule has 1 unspecified atom stereocenters. The molecule has 0 radical (unpaired) electrons. The number of urea groups is 1. The zero-order valence-corrected chi connectivity index (χ0v) is 16.6. The Hall–Kier alpha value is -3.62. The van der Waals surface area contributed by atoms with Crippen LogP contribution in [0.5, 0.6) is 0 Å². The highest BCUT2D eigenvalue weighted by molar-refractivity contribution is 7.89. The Bertz CT molecular complexity index is 1250. The zero-order chi connectivity index (χ0) is 21.1. The number of nitrogens with one attached hydrogen (secondary N) is 2. The number of nitrogens with two attached hydrogens (primary N) is 1. The number of rotatable bonds is 5. The van der Waals surface area contributed by atoms with E-state index in [1.54, 1.807) is 0 Å². The van der Waals surface area contributed by atoms with E-state index in [1.807, 2.05) is 60.7 Å². The standard InChI is InChI=1S/C22H19N3O4S/c23-30(27,28)18-12-10-17(11-13-18)24-22(26)25-21(15-6-2-1-3-7-15)20-14-16-8-4-5-9-19(16)29-20/h1-14,21H,(H2,23,27,28)(H2,24,25,26). The molecule has 1 atom stereocenters. The Morgan fingerprint density at radius 1 is 0.900 bits per heavy atom. The van der Waals surface area contributed by atoms with Crippen LogP contribution in [0.2, 0.25) is 0 Å². The van der Waals surface area contributed by atoms with Crippen molar-refractivity contribution in [1.82, 2.24) is 5.32 Å². The molecule has 0 aliphatic rings. The van der Waals surface area contributed by atoms with Gasteiger partial charge in [0.15, 0.2) is 0 Å². The van der Waals surface area contributed by atoms with E-state index >= 15 is 0 Å². The van der Waals surface area contributed by atoms with E-state index in [0.29, 0.717) is 11.4 Å². The van der Waals surface area contributed by atoms with Crippen LogP contribution in [0.3, 0.4) is 0 Å². The van der Waals surface area contributed by atoms with E-state index in [9.17, 15) is 13.2 Å². The third-order valence-electron chi connectivity index (χ3n) is 4.58. The molecule has 3 aromatic carbocycles. The van der Waals surface area contributed by atoms with Gasteiger partial charge in [-0.25, -0.2) is 18.4 Å². The van der Waals surface area contributed by atoms with Crippen molar-refractivity contribution >= 4 is 32.7 Å². The van der Waals surface area contributed by atoms with Crippen LogP contribution in [-0.2, 0) is 10.0 Å². The van der Waals surface area contributed by atoms with E-state index < -0.39 is 22.1 Å². The summed E-state index contributed by atoms with van der Waals surface area (Å²) in [5, 5.41) is 11.7. The smallest absolute Gasteiger partial charge is 0.320 e. The van der Waals surface area contributed by atoms with Gasteiger partial charge >= 0.3 is 6.03 Å². The summed E-state index contributed by atoms with van der Waals surface area (Å²) in [7, 11) is -3.79. The monoisotopic (exact) mass is 421 g/mol. The van der Waals surface area contributed by atoms with Crippen molar-refractivity contribution in [3.05, 3.63) is 96.3 Å². The van der Waals surface area contributed by atoms with Crippen LogP contribution in [0.15, 0.2) is 94.2 Å². The van der Waals surface area contributed by atoms with Gasteiger partial charge in [-0.3, -0.25) is 0 Å². The highest BCUT2D eigenvalue weighted by Gasteiger charge is 2.21. The van der Waals surface area contributed by atoms with Crippen LogP contribution in [0, 0.1) is 0 Å². The molecule has 0 aliphatic heterocycles. The number of para-hydroxylation sites is 1. The molecule has 0 saturated heterocycles. The first-order valence-corrected chi connectivity index (χ1v) is 10.7. The summed E-state index contributed by atoms with van der Waals surface area (Å²) in [6.07, 6.45) is 0. The first-order valence-electron chi connectivity index (χ1n) is 9.14. The number of amides is 2. The van der Waals surface area contributed by atoms with Gasteiger partial charge in [0.25, 0.3) is 0 Å². The molecule has 0 spiro atoms. The van der Waals surface area contributed by atoms with Gasteiger partial charge in [0.1, 0.15) is 17.4 Å². The number of furan rings is 1. The molecule has 2 amide bonds. The van der Waals surface area contributed by atoms with Gasteiger partial charge in [0.05, 0.1) is 4.90 Å². The molecule has 0 fully saturated rings. The lowest BCUT2D eigenvalue weighted by atomic mass is 10.0. The number of hydrogen-bond donors (Lipinski definition) is 3. The third kappa shape index (κ3) is 4.35. The van der Waals surface area contributed by atoms with Gasteiger partial charge < -0.3 is 15.1 Å². The minimum absolute atomic E-state index is 0.0297. The lowest BCUT2D eigenvalue weighted by molar-refractivity contribution is 0.249. The second-order valence-electron chi connectivity index (χ2n) is 6.70. The number of carbonyl (C=O) groups excluding carboxylic acids is 1. The van der Waals surface area contributed by atoms with Crippen molar-refractivity contribution in [3.8, 4) is 0 Å². The second kappa shape index (κ2) is 8.02. The molecule has 30 heavy (non-hydrogen) atoms. The van der Waals surface area contributed by atoms with Crippen LogP contribution in [0.25, 0.3) is 11.0 Å². The average Bonchev–Trinajstić information content (AvgIpc) is 3.16. The van der Waals surface area contributed by atoms with Gasteiger partial charge in [0.2, 0.25) is 10.0 Å². The van der Waals surface area contributed by atoms with Gasteiger partial charge in [-0.1, -0.05) is 48.5 Å². The molecular weight excluding hydrogens is 402 g/mol. The van der Waals surface area contributed by atoms with Crippen molar-refractivity contribution in [1.29, 1.82) is 0 Å². The molecule has 4 N–H and O–H groups in total. The summed E-state index contributed by atoms with van der Waals surface area (Å²) in [4.78, 5) is 12.6. The fraction of sp³-hybridized carbons (Fsp3) is 0.0455. The van der Waals surface area contributed by atoms with Crippen molar-refractivity contribution in [2.45, 2.75) is 10.9 Å². The van der Waals surface area contributed by atoms with E-state index in [2.05, 4.69) is 10.6 Å². The fourth-order valence-corrected chi connectivity index (χ4v) is 3.65. The van der Waals surface area contributed by atoms with Gasteiger partial charge in [-0.2, -0.15) is 0 Å². The van der Waals surface area contributed by atoms with Gasteiger partial charge in [-0.15, -0.1) is 0 Å². The molecule has 7 nitrogen and oxygen atoms in total. The summed E-state index contributed by atoms with van der Waals surface area (Å²) in [6, 6.07) is 23.6. The van der Waals surface area contributed by atoms with E-state index in [4.69, 9.17) is 9.56 Å². The number of fused-ring (bicyclic) bond motifs is 1. The van der Waals surface area contributed by atoms with Gasteiger partial charge in [-0.05, 0) is 42.0 Å². The predicted molar refractivity (Wildman–Crippen MR) is 114 cm³/mol. The minimum atomic E-state index is -3.79. The van der Waals surface area contributed by atoms with Crippen LogP contribution in [-0.4, -0.2) is 14.4 Å². The lowest BCUT2D eigenvalue weighted by Crippen LogP contribution is -2.33. The lowest BCUT2D eigenvalue weighted by Gasteiger charge is -2.18. The molecule has 0 bridgehead atoms. The van der Waals surface area contributed by atoms with Crippen molar-refractivity contribution < 1.29 is 17.6 Å². The minimum Gasteiger partial charge on any atom is -0.459 e. The normalized spacial score (nSPS) is 12.4. The molecule has 0 saturated carbocycles. The number of hydrogen-bond acceptors (Lipinski definition) is 4. The Labute approximate surface area is 173 Å². The Kier molecular flexibility index (Phi) is 5.26.